The second-order valence-electron chi connectivity index (χ2n) is 15.8. The van der Waals surface area contributed by atoms with Gasteiger partial charge in [0.2, 0.25) is 0 Å². The van der Waals surface area contributed by atoms with Crippen molar-refractivity contribution < 1.29 is 30.0 Å². The number of thiophene rings is 1. The fourth-order valence-electron chi connectivity index (χ4n) is 6.35. The van der Waals surface area contributed by atoms with Gasteiger partial charge < -0.3 is 5.11 Å². The van der Waals surface area contributed by atoms with Crippen molar-refractivity contribution >= 4 is 38.0 Å². The maximum absolute atomic E-state index is 12.2. The summed E-state index contributed by atoms with van der Waals surface area (Å²) in [6.07, 6.45) is 7.78. The molecule has 0 bridgehead atoms. The molecular formula is C46H58IrNO2S-. The van der Waals surface area contributed by atoms with Gasteiger partial charge in [-0.05, 0) is 89.1 Å². The summed E-state index contributed by atoms with van der Waals surface area (Å²) in [5, 5.41) is 16.1. The maximum Gasteiger partial charge on any atom is 0.164 e. The number of allylic oxidation sites excluding steroid dienone is 2. The summed E-state index contributed by atoms with van der Waals surface area (Å²) in [6, 6.07) is 25.8. The van der Waals surface area contributed by atoms with Gasteiger partial charge >= 0.3 is 0 Å². The minimum Gasteiger partial charge on any atom is -0.512 e. The zero-order chi connectivity index (χ0) is 36.9. The van der Waals surface area contributed by atoms with E-state index in [1.54, 1.807) is 0 Å². The number of ketones is 1. The number of aromatic nitrogens is 1. The van der Waals surface area contributed by atoms with E-state index in [-0.39, 0.29) is 47.9 Å². The topological polar surface area (TPSA) is 50.2 Å². The molecule has 0 aliphatic heterocycles. The fourth-order valence-corrected chi connectivity index (χ4v) is 7.22. The molecule has 2 aromatic heterocycles. The molecule has 3 nitrogen and oxygen atoms in total. The Hall–Kier alpha value is -3.11. The molecule has 5 heteroatoms. The Morgan fingerprint density at radius 3 is 2.10 bits per heavy atom. The number of fused-ring (bicyclic) bond motifs is 2. The van der Waals surface area contributed by atoms with Gasteiger partial charge in [-0.25, -0.2) is 0 Å². The van der Waals surface area contributed by atoms with Gasteiger partial charge in [0.15, 0.2) is 5.78 Å². The summed E-state index contributed by atoms with van der Waals surface area (Å²) in [7, 11) is 0. The van der Waals surface area contributed by atoms with Crippen molar-refractivity contribution in [3.05, 3.63) is 101 Å². The molecule has 2 heterocycles. The number of carbonyl (C=O) groups is 1. The standard InChI is InChI=1S/C31H30NS.C15H28O2.Ir/c1-20(2)14-24-16-23(19-30-27(24)11-13-33-30)21-10-12-32-29(18-21)25-15-22-8-6-7-9-26(22)28(17-25)31(3,4)5;1-7-14(5,8-2)12(16)11-13(17)15(6,9-3)10-4;/h6-13,16-20H,14H2,1-5H3;11,16H,7-10H2,1-6H3;/q-1;;/b;12-11-;. The molecule has 1 N–H and O–H groups in total. The van der Waals surface area contributed by atoms with Crippen LogP contribution in [0.1, 0.15) is 113 Å². The maximum atomic E-state index is 12.2. The molecule has 1 radical (unpaired) electrons. The van der Waals surface area contributed by atoms with E-state index in [1.165, 1.54) is 43.8 Å². The van der Waals surface area contributed by atoms with Gasteiger partial charge in [-0.3, -0.25) is 9.78 Å². The molecule has 3 aromatic carbocycles. The number of hydrogen-bond donors (Lipinski definition) is 1. The molecule has 0 spiro atoms. The Bertz CT molecular complexity index is 1950. The molecule has 0 atom stereocenters. The largest absolute Gasteiger partial charge is 0.512 e. The van der Waals surface area contributed by atoms with E-state index in [9.17, 15) is 9.90 Å². The number of aliphatic hydroxyl groups is 1. The number of benzene rings is 3. The summed E-state index contributed by atoms with van der Waals surface area (Å²) < 4.78 is 1.36. The van der Waals surface area contributed by atoms with Crippen molar-refractivity contribution in [1.82, 2.24) is 4.98 Å². The quantitative estimate of drug-likeness (QED) is 0.0817. The Balaban J connectivity index is 0.000000335. The molecule has 5 aromatic rings. The van der Waals surface area contributed by atoms with Crippen molar-refractivity contribution in [2.24, 2.45) is 16.7 Å². The number of pyridine rings is 1. The fraction of sp³-hybridized carbons (Fsp3) is 0.435. The van der Waals surface area contributed by atoms with Crippen LogP contribution in [0.15, 0.2) is 84.1 Å². The van der Waals surface area contributed by atoms with Gasteiger partial charge in [-0.15, -0.1) is 40.5 Å². The molecular weight excluding hydrogens is 823 g/mol. The van der Waals surface area contributed by atoms with Crippen molar-refractivity contribution in [3.63, 3.8) is 0 Å². The van der Waals surface area contributed by atoms with Crippen molar-refractivity contribution in [2.75, 3.05) is 0 Å². The minimum atomic E-state index is -0.337. The molecule has 0 saturated carbocycles. The molecule has 5 rings (SSSR count). The van der Waals surface area contributed by atoms with Crippen LogP contribution >= 0.6 is 11.3 Å². The van der Waals surface area contributed by atoms with Gasteiger partial charge in [0.05, 0.1) is 0 Å². The van der Waals surface area contributed by atoms with E-state index >= 15 is 0 Å². The van der Waals surface area contributed by atoms with Crippen molar-refractivity contribution in [3.8, 4) is 22.4 Å². The molecule has 0 fully saturated rings. The average molecular weight is 881 g/mol. The second-order valence-corrected chi connectivity index (χ2v) is 16.8. The SMILES string of the molecule is CC(C)Cc1cc(-c2ccnc(-c3[c-]c4ccccc4c(C(C)(C)C)c3)c2)cc2sccc12.CCC(C)(CC)C(=O)/C=C(\O)C(C)(CC)CC.[Ir]. The number of hydrogen-bond acceptors (Lipinski definition) is 4. The zero-order valence-electron chi connectivity index (χ0n) is 32.7. The van der Waals surface area contributed by atoms with Crippen LogP contribution in [0.2, 0.25) is 0 Å². The van der Waals surface area contributed by atoms with E-state index in [0.29, 0.717) is 5.92 Å². The summed E-state index contributed by atoms with van der Waals surface area (Å²) in [4.78, 5) is 16.9. The van der Waals surface area contributed by atoms with Gasteiger partial charge in [0.1, 0.15) is 5.76 Å². The predicted molar refractivity (Wildman–Crippen MR) is 217 cm³/mol. The van der Waals surface area contributed by atoms with Crippen LogP contribution < -0.4 is 0 Å². The smallest absolute Gasteiger partial charge is 0.164 e. The van der Waals surface area contributed by atoms with Crippen LogP contribution in [0, 0.1) is 22.8 Å². The third kappa shape index (κ3) is 9.86. The molecule has 51 heavy (non-hydrogen) atoms. The first kappa shape index (κ1) is 42.3. The van der Waals surface area contributed by atoms with E-state index in [2.05, 4.69) is 107 Å². The number of nitrogens with zero attached hydrogens (tertiary/aromatic N) is 1. The van der Waals surface area contributed by atoms with Crippen LogP contribution in [-0.4, -0.2) is 15.9 Å². The van der Waals surface area contributed by atoms with E-state index in [4.69, 9.17) is 4.98 Å². The zero-order valence-corrected chi connectivity index (χ0v) is 35.9. The van der Waals surface area contributed by atoms with Crippen LogP contribution in [0.5, 0.6) is 0 Å². The van der Waals surface area contributed by atoms with Crippen LogP contribution in [-0.2, 0) is 36.7 Å². The summed E-state index contributed by atoms with van der Waals surface area (Å²) in [6.45, 7) is 23.5. The molecule has 0 aliphatic carbocycles. The first-order chi connectivity index (χ1) is 23.6. The average Bonchev–Trinajstić information content (AvgIpc) is 3.59. The first-order valence-corrected chi connectivity index (χ1v) is 19.3. The normalized spacial score (nSPS) is 12.5. The molecule has 0 saturated heterocycles. The molecule has 275 valence electrons. The summed E-state index contributed by atoms with van der Waals surface area (Å²) >= 11 is 1.82. The van der Waals surface area contributed by atoms with Gasteiger partial charge in [0, 0.05) is 53.6 Å². The van der Waals surface area contributed by atoms with Gasteiger partial charge in [-0.2, -0.15) is 0 Å². The van der Waals surface area contributed by atoms with Crippen molar-refractivity contribution in [2.45, 2.75) is 114 Å². The number of aliphatic hydroxyl groups excluding tert-OH is 1. The molecule has 0 unspecified atom stereocenters. The summed E-state index contributed by atoms with van der Waals surface area (Å²) in [5.41, 5.74) is 6.70. The Labute approximate surface area is 325 Å². The van der Waals surface area contributed by atoms with E-state index in [0.717, 1.165) is 48.7 Å². The monoisotopic (exact) mass is 881 g/mol. The van der Waals surface area contributed by atoms with Crippen LogP contribution in [0.25, 0.3) is 43.2 Å². The Morgan fingerprint density at radius 1 is 0.843 bits per heavy atom. The summed E-state index contributed by atoms with van der Waals surface area (Å²) in [5.74, 6) is 0.910. The minimum absolute atomic E-state index is 0. The third-order valence-corrected chi connectivity index (χ3v) is 11.7. The van der Waals surface area contributed by atoms with Crippen molar-refractivity contribution in [1.29, 1.82) is 0 Å². The van der Waals surface area contributed by atoms with Crippen LogP contribution in [0.4, 0.5) is 0 Å². The van der Waals surface area contributed by atoms with Gasteiger partial charge in [-0.1, -0.05) is 117 Å². The van der Waals surface area contributed by atoms with Gasteiger partial charge in [0.25, 0.3) is 0 Å². The molecule has 0 aliphatic rings. The predicted octanol–water partition coefficient (Wildman–Crippen LogP) is 13.7. The molecule has 0 amide bonds. The Kier molecular flexibility index (Phi) is 14.6. The first-order valence-electron chi connectivity index (χ1n) is 18.5. The Morgan fingerprint density at radius 2 is 1.49 bits per heavy atom. The van der Waals surface area contributed by atoms with E-state index < -0.39 is 0 Å². The number of rotatable bonds is 11. The van der Waals surface area contributed by atoms with E-state index in [1.807, 2.05) is 59.1 Å². The van der Waals surface area contributed by atoms with Crippen LogP contribution in [0.3, 0.4) is 0 Å². The number of carbonyl (C=O) groups excluding carboxylic acids is 1. The third-order valence-electron chi connectivity index (χ3n) is 10.8. The second kappa shape index (κ2) is 17.6.